The van der Waals surface area contributed by atoms with Crippen LogP contribution in [0.1, 0.15) is 32.8 Å². The molecular formula is C12H20N4S. The third-order valence-electron chi connectivity index (χ3n) is 2.77. The number of hydrogen-bond acceptors (Lipinski definition) is 4. The van der Waals surface area contributed by atoms with E-state index >= 15 is 0 Å². The predicted octanol–water partition coefficient (Wildman–Crippen LogP) is 1.98. The Morgan fingerprint density at radius 2 is 2.12 bits per heavy atom. The molecule has 17 heavy (non-hydrogen) atoms. The van der Waals surface area contributed by atoms with Crippen molar-refractivity contribution in [1.82, 2.24) is 10.2 Å². The van der Waals surface area contributed by atoms with E-state index in [4.69, 9.17) is 18.0 Å². The summed E-state index contributed by atoms with van der Waals surface area (Å²) in [5, 5.41) is 8.04. The normalized spacial score (nSPS) is 12.5. The standard InChI is InChI=1S/C12H20N4S/c1-8(2)7-9(3)16(4)12-10(11(13)17)5-6-14-15-12/h5-6,8-9H,7H2,1-4H3,(H2,13,17). The lowest BCUT2D eigenvalue weighted by atomic mass is 10.0. The van der Waals surface area contributed by atoms with E-state index in [-0.39, 0.29) is 0 Å². The minimum absolute atomic E-state index is 0.360. The monoisotopic (exact) mass is 252 g/mol. The summed E-state index contributed by atoms with van der Waals surface area (Å²) in [4.78, 5) is 2.44. The zero-order valence-electron chi connectivity index (χ0n) is 10.8. The number of aromatic nitrogens is 2. The summed E-state index contributed by atoms with van der Waals surface area (Å²) in [5.74, 6) is 1.39. The first kappa shape index (κ1) is 13.8. The molecule has 0 aliphatic carbocycles. The molecule has 0 aliphatic rings. The van der Waals surface area contributed by atoms with Gasteiger partial charge in [-0.2, -0.15) is 5.10 Å². The Morgan fingerprint density at radius 1 is 1.47 bits per heavy atom. The van der Waals surface area contributed by atoms with Crippen molar-refractivity contribution in [3.8, 4) is 0 Å². The van der Waals surface area contributed by atoms with Crippen molar-refractivity contribution in [2.45, 2.75) is 33.2 Å². The number of nitrogens with zero attached hydrogens (tertiary/aromatic N) is 3. The maximum Gasteiger partial charge on any atom is 0.161 e. The Hall–Kier alpha value is -1.23. The zero-order valence-corrected chi connectivity index (χ0v) is 11.7. The molecule has 1 rings (SSSR count). The molecule has 1 atom stereocenters. The second-order valence-electron chi connectivity index (χ2n) is 4.72. The van der Waals surface area contributed by atoms with E-state index in [2.05, 4.69) is 35.9 Å². The van der Waals surface area contributed by atoms with Crippen molar-refractivity contribution in [1.29, 1.82) is 0 Å². The molecule has 0 aromatic carbocycles. The summed E-state index contributed by atoms with van der Waals surface area (Å²) in [6.07, 6.45) is 2.70. The molecule has 0 saturated carbocycles. The molecule has 0 aliphatic heterocycles. The van der Waals surface area contributed by atoms with Gasteiger partial charge in [-0.1, -0.05) is 26.1 Å². The van der Waals surface area contributed by atoms with Crippen molar-refractivity contribution in [2.75, 3.05) is 11.9 Å². The third kappa shape index (κ3) is 3.63. The number of hydrogen-bond donors (Lipinski definition) is 1. The van der Waals surface area contributed by atoms with Gasteiger partial charge in [0.15, 0.2) is 5.82 Å². The Labute approximate surface area is 108 Å². The van der Waals surface area contributed by atoms with Gasteiger partial charge in [-0.3, -0.25) is 0 Å². The average Bonchev–Trinajstić information content (AvgIpc) is 2.27. The van der Waals surface area contributed by atoms with Crippen LogP contribution in [0.3, 0.4) is 0 Å². The number of rotatable bonds is 5. The summed E-state index contributed by atoms with van der Waals surface area (Å²) in [6.45, 7) is 6.57. The van der Waals surface area contributed by atoms with Crippen LogP contribution in [0.2, 0.25) is 0 Å². The Morgan fingerprint density at radius 3 is 2.65 bits per heavy atom. The van der Waals surface area contributed by atoms with Crippen LogP contribution in [-0.2, 0) is 0 Å². The second-order valence-corrected chi connectivity index (χ2v) is 5.16. The van der Waals surface area contributed by atoms with E-state index in [9.17, 15) is 0 Å². The summed E-state index contributed by atoms with van der Waals surface area (Å²) in [5.41, 5.74) is 6.48. The topological polar surface area (TPSA) is 55.0 Å². The SMILES string of the molecule is CC(C)CC(C)N(C)c1nnccc1C(N)=S. The van der Waals surface area contributed by atoms with Crippen LogP contribution in [-0.4, -0.2) is 28.3 Å². The van der Waals surface area contributed by atoms with Crippen LogP contribution in [0.4, 0.5) is 5.82 Å². The maximum atomic E-state index is 5.69. The molecule has 0 amide bonds. The molecule has 4 nitrogen and oxygen atoms in total. The summed E-state index contributed by atoms with van der Waals surface area (Å²) >= 11 is 5.03. The average molecular weight is 252 g/mol. The predicted molar refractivity (Wildman–Crippen MR) is 75.2 cm³/mol. The number of nitrogens with two attached hydrogens (primary N) is 1. The van der Waals surface area contributed by atoms with Gasteiger partial charge in [0.1, 0.15) is 4.99 Å². The van der Waals surface area contributed by atoms with Gasteiger partial charge in [-0.05, 0) is 25.3 Å². The Kier molecular flexibility index (Phi) is 4.81. The summed E-state index contributed by atoms with van der Waals surface area (Å²) in [7, 11) is 2.00. The van der Waals surface area contributed by atoms with Crippen LogP contribution in [0.25, 0.3) is 0 Å². The molecule has 0 bridgehead atoms. The van der Waals surface area contributed by atoms with Gasteiger partial charge < -0.3 is 10.6 Å². The first-order valence-corrected chi connectivity index (χ1v) is 6.18. The van der Waals surface area contributed by atoms with Gasteiger partial charge in [0.25, 0.3) is 0 Å². The largest absolute Gasteiger partial charge is 0.389 e. The van der Waals surface area contributed by atoms with Crippen LogP contribution in [0.5, 0.6) is 0 Å². The van der Waals surface area contributed by atoms with E-state index in [1.807, 2.05) is 13.1 Å². The first-order valence-electron chi connectivity index (χ1n) is 5.77. The third-order valence-corrected chi connectivity index (χ3v) is 2.99. The highest BCUT2D eigenvalue weighted by Gasteiger charge is 2.17. The quantitative estimate of drug-likeness (QED) is 0.812. The van der Waals surface area contributed by atoms with E-state index in [1.54, 1.807) is 6.20 Å². The van der Waals surface area contributed by atoms with Crippen molar-refractivity contribution < 1.29 is 0 Å². The molecule has 1 heterocycles. The van der Waals surface area contributed by atoms with Crippen molar-refractivity contribution in [2.24, 2.45) is 11.7 Å². The molecule has 0 saturated heterocycles. The van der Waals surface area contributed by atoms with Gasteiger partial charge in [0, 0.05) is 13.1 Å². The molecule has 5 heteroatoms. The molecular weight excluding hydrogens is 232 g/mol. The summed E-state index contributed by atoms with van der Waals surface area (Å²) in [6, 6.07) is 2.18. The molecule has 0 radical (unpaired) electrons. The fourth-order valence-electron chi connectivity index (χ4n) is 1.83. The Balaban J connectivity index is 2.95. The lowest BCUT2D eigenvalue weighted by Crippen LogP contribution is -2.33. The smallest absolute Gasteiger partial charge is 0.161 e. The highest BCUT2D eigenvalue weighted by atomic mass is 32.1. The van der Waals surface area contributed by atoms with E-state index in [1.165, 1.54) is 0 Å². The summed E-state index contributed by atoms with van der Waals surface area (Å²) < 4.78 is 0. The zero-order chi connectivity index (χ0) is 13.0. The number of anilines is 1. The highest BCUT2D eigenvalue weighted by molar-refractivity contribution is 7.80. The van der Waals surface area contributed by atoms with Crippen LogP contribution in [0.15, 0.2) is 12.3 Å². The van der Waals surface area contributed by atoms with E-state index in [0.29, 0.717) is 16.9 Å². The minimum Gasteiger partial charge on any atom is -0.389 e. The molecule has 0 spiro atoms. The van der Waals surface area contributed by atoms with Crippen LogP contribution in [0, 0.1) is 5.92 Å². The highest BCUT2D eigenvalue weighted by Crippen LogP contribution is 2.20. The second kappa shape index (κ2) is 5.91. The van der Waals surface area contributed by atoms with Crippen LogP contribution >= 0.6 is 12.2 Å². The molecule has 0 fully saturated rings. The maximum absolute atomic E-state index is 5.69. The molecule has 1 aromatic heterocycles. The van der Waals surface area contributed by atoms with Gasteiger partial charge in [0.05, 0.1) is 11.8 Å². The molecule has 2 N–H and O–H groups in total. The molecule has 1 unspecified atom stereocenters. The van der Waals surface area contributed by atoms with Crippen molar-refractivity contribution in [3.05, 3.63) is 17.8 Å². The molecule has 94 valence electrons. The lowest BCUT2D eigenvalue weighted by Gasteiger charge is -2.28. The van der Waals surface area contributed by atoms with Crippen LogP contribution < -0.4 is 10.6 Å². The lowest BCUT2D eigenvalue weighted by molar-refractivity contribution is 0.501. The first-order chi connectivity index (χ1) is 7.93. The van der Waals surface area contributed by atoms with E-state index in [0.717, 1.165) is 17.8 Å². The Bertz CT molecular complexity index is 392. The van der Waals surface area contributed by atoms with Gasteiger partial charge in [-0.25, -0.2) is 0 Å². The van der Waals surface area contributed by atoms with Gasteiger partial charge in [0.2, 0.25) is 0 Å². The number of thiocarbonyl (C=S) groups is 1. The molecule has 1 aromatic rings. The van der Waals surface area contributed by atoms with Gasteiger partial charge >= 0.3 is 0 Å². The van der Waals surface area contributed by atoms with Crippen molar-refractivity contribution in [3.63, 3.8) is 0 Å². The van der Waals surface area contributed by atoms with Gasteiger partial charge in [-0.15, -0.1) is 5.10 Å². The fourth-order valence-corrected chi connectivity index (χ4v) is 1.99. The van der Waals surface area contributed by atoms with Crippen molar-refractivity contribution >= 4 is 23.0 Å². The minimum atomic E-state index is 0.360. The van der Waals surface area contributed by atoms with E-state index < -0.39 is 0 Å². The fraction of sp³-hybridized carbons (Fsp3) is 0.583.